The van der Waals surface area contributed by atoms with Crippen LogP contribution in [0.2, 0.25) is 5.02 Å². The van der Waals surface area contributed by atoms with Gasteiger partial charge in [0.15, 0.2) is 16.4 Å². The number of esters is 1. The number of non-ortho nitro benzene ring substituents is 1. The number of amides is 1. The first-order valence-electron chi connectivity index (χ1n) is 7.29. The van der Waals surface area contributed by atoms with E-state index in [1.54, 1.807) is 0 Å². The molecule has 0 aromatic heterocycles. The van der Waals surface area contributed by atoms with Crippen LogP contribution in [0.25, 0.3) is 0 Å². The summed E-state index contributed by atoms with van der Waals surface area (Å²) in [6, 6.07) is 8.88. The maximum Gasteiger partial charge on any atom is 0.339 e. The normalized spacial score (nSPS) is 10.9. The maximum atomic E-state index is 12.1. The van der Waals surface area contributed by atoms with Crippen LogP contribution in [0.4, 0.5) is 11.4 Å². The zero-order chi connectivity index (χ0) is 20.2. The number of hydrogen-bond acceptors (Lipinski definition) is 7. The number of carbonyl (C=O) groups is 2. The number of nitrogens with zero attached hydrogens (tertiary/aromatic N) is 1. The van der Waals surface area contributed by atoms with Crippen molar-refractivity contribution in [1.82, 2.24) is 0 Å². The van der Waals surface area contributed by atoms with E-state index >= 15 is 0 Å². The summed E-state index contributed by atoms with van der Waals surface area (Å²) in [6.45, 7) is -0.704. The number of rotatable bonds is 6. The average Bonchev–Trinajstić information content (AvgIpc) is 2.60. The molecule has 11 heteroatoms. The summed E-state index contributed by atoms with van der Waals surface area (Å²) in [7, 11) is -3.66. The number of anilines is 1. The quantitative estimate of drug-likeness (QED) is 0.437. The van der Waals surface area contributed by atoms with E-state index in [1.165, 1.54) is 30.3 Å². The van der Waals surface area contributed by atoms with Crippen LogP contribution in [0.15, 0.2) is 47.4 Å². The van der Waals surface area contributed by atoms with E-state index in [1.807, 2.05) is 0 Å². The van der Waals surface area contributed by atoms with Crippen LogP contribution in [0.1, 0.15) is 10.4 Å². The van der Waals surface area contributed by atoms with Crippen molar-refractivity contribution in [2.45, 2.75) is 4.90 Å². The molecule has 2 aromatic rings. The predicted octanol–water partition coefficient (Wildman–Crippen LogP) is 2.45. The fourth-order valence-corrected chi connectivity index (χ4v) is 3.17. The lowest BCUT2D eigenvalue weighted by molar-refractivity contribution is -0.384. The van der Waals surface area contributed by atoms with Gasteiger partial charge in [-0.2, -0.15) is 0 Å². The zero-order valence-electron chi connectivity index (χ0n) is 13.8. The molecule has 0 aliphatic carbocycles. The maximum absolute atomic E-state index is 12.1. The lowest BCUT2D eigenvalue weighted by Gasteiger charge is -2.09. The van der Waals surface area contributed by atoms with Gasteiger partial charge in [-0.15, -0.1) is 0 Å². The molecule has 142 valence electrons. The third kappa shape index (κ3) is 5.25. The van der Waals surface area contributed by atoms with Crippen LogP contribution in [0.3, 0.4) is 0 Å². The van der Waals surface area contributed by atoms with Gasteiger partial charge in [-0.3, -0.25) is 14.9 Å². The fraction of sp³-hybridized carbons (Fsp3) is 0.125. The molecule has 0 radical (unpaired) electrons. The van der Waals surface area contributed by atoms with Crippen molar-refractivity contribution in [3.63, 3.8) is 0 Å². The third-order valence-electron chi connectivity index (χ3n) is 3.28. The van der Waals surface area contributed by atoms with Gasteiger partial charge in [-0.1, -0.05) is 23.7 Å². The van der Waals surface area contributed by atoms with Gasteiger partial charge < -0.3 is 10.1 Å². The molecule has 0 unspecified atom stereocenters. The molecule has 2 aromatic carbocycles. The van der Waals surface area contributed by atoms with Gasteiger partial charge in [-0.25, -0.2) is 13.2 Å². The van der Waals surface area contributed by atoms with Crippen LogP contribution < -0.4 is 5.32 Å². The molecule has 9 nitrogen and oxygen atoms in total. The van der Waals surface area contributed by atoms with Crippen molar-refractivity contribution in [2.24, 2.45) is 0 Å². The molecule has 0 aliphatic heterocycles. The van der Waals surface area contributed by atoms with E-state index in [9.17, 15) is 28.1 Å². The Kier molecular flexibility index (Phi) is 6.13. The first kappa shape index (κ1) is 20.3. The van der Waals surface area contributed by atoms with Crippen LogP contribution in [0, 0.1) is 10.1 Å². The Morgan fingerprint density at radius 1 is 1.22 bits per heavy atom. The number of nitrogens with one attached hydrogen (secondary N) is 1. The summed E-state index contributed by atoms with van der Waals surface area (Å²) < 4.78 is 28.2. The Bertz CT molecular complexity index is 1020. The molecule has 0 heterocycles. The van der Waals surface area contributed by atoms with E-state index in [4.69, 9.17) is 16.3 Å². The number of hydrogen-bond donors (Lipinski definition) is 1. The van der Waals surface area contributed by atoms with Gasteiger partial charge in [-0.05, 0) is 18.2 Å². The highest BCUT2D eigenvalue weighted by Gasteiger charge is 2.20. The highest BCUT2D eigenvalue weighted by molar-refractivity contribution is 7.90. The van der Waals surface area contributed by atoms with E-state index < -0.39 is 33.2 Å². The standard InChI is InChI=1S/C16H13ClN2O7S/c1-27(24,25)14-5-3-2-4-11(14)16(21)26-9-15(20)18-13-7-6-10(19(22)23)8-12(13)17/h2-8H,9H2,1H3,(H,18,20). The molecule has 1 amide bonds. The minimum Gasteiger partial charge on any atom is -0.452 e. The summed E-state index contributed by atoms with van der Waals surface area (Å²) >= 11 is 5.85. The van der Waals surface area contributed by atoms with E-state index in [-0.39, 0.29) is 26.9 Å². The molecule has 27 heavy (non-hydrogen) atoms. The van der Waals surface area contributed by atoms with Crippen molar-refractivity contribution < 1.29 is 27.7 Å². The molecular weight excluding hydrogens is 400 g/mol. The molecule has 0 aliphatic rings. The predicted molar refractivity (Wildman–Crippen MR) is 96.6 cm³/mol. The molecule has 0 fully saturated rings. The van der Waals surface area contributed by atoms with Crippen LogP contribution in [-0.2, 0) is 19.4 Å². The summed E-state index contributed by atoms with van der Waals surface area (Å²) in [5, 5.41) is 12.9. The second-order valence-corrected chi connectivity index (χ2v) is 7.71. The number of nitro groups is 1. The van der Waals surface area contributed by atoms with Gasteiger partial charge in [0, 0.05) is 18.4 Å². The second kappa shape index (κ2) is 8.14. The van der Waals surface area contributed by atoms with Crippen LogP contribution in [0.5, 0.6) is 0 Å². The Balaban J connectivity index is 2.05. The van der Waals surface area contributed by atoms with Gasteiger partial charge in [0.1, 0.15) is 0 Å². The minimum atomic E-state index is -3.66. The number of benzene rings is 2. The molecule has 0 atom stereocenters. The van der Waals surface area contributed by atoms with Crippen molar-refractivity contribution in [2.75, 3.05) is 18.2 Å². The van der Waals surface area contributed by atoms with Crippen molar-refractivity contribution >= 4 is 44.7 Å². The molecule has 0 bridgehead atoms. The van der Waals surface area contributed by atoms with Crippen LogP contribution in [-0.4, -0.2) is 38.1 Å². The van der Waals surface area contributed by atoms with Gasteiger partial charge in [0.2, 0.25) is 0 Å². The minimum absolute atomic E-state index is 0.0636. The average molecular weight is 413 g/mol. The van der Waals surface area contributed by atoms with Gasteiger partial charge in [0.05, 0.1) is 26.1 Å². The number of halogens is 1. The molecule has 1 N–H and O–H groups in total. The topological polar surface area (TPSA) is 133 Å². The van der Waals surface area contributed by atoms with E-state index in [2.05, 4.69) is 5.32 Å². The first-order chi connectivity index (χ1) is 12.6. The number of carbonyl (C=O) groups excluding carboxylic acids is 2. The summed E-state index contributed by atoms with van der Waals surface area (Å²) in [5.41, 5.74) is -0.345. The van der Waals surface area contributed by atoms with Crippen molar-refractivity contribution in [3.05, 3.63) is 63.2 Å². The zero-order valence-corrected chi connectivity index (χ0v) is 15.4. The lowest BCUT2D eigenvalue weighted by Crippen LogP contribution is -2.22. The monoisotopic (exact) mass is 412 g/mol. The number of nitro benzene ring substituents is 1. The molecular formula is C16H13ClN2O7S. The summed E-state index contributed by atoms with van der Waals surface area (Å²) in [6.07, 6.45) is 0.947. The van der Waals surface area contributed by atoms with E-state index in [0.717, 1.165) is 18.4 Å². The number of sulfone groups is 1. The lowest BCUT2D eigenvalue weighted by atomic mass is 10.2. The largest absolute Gasteiger partial charge is 0.452 e. The summed E-state index contributed by atoms with van der Waals surface area (Å²) in [5.74, 6) is -1.74. The Hall–Kier alpha value is -2.98. The first-order valence-corrected chi connectivity index (χ1v) is 9.56. The summed E-state index contributed by atoms with van der Waals surface area (Å²) in [4.78, 5) is 33.8. The number of ether oxygens (including phenoxy) is 1. The Morgan fingerprint density at radius 2 is 1.89 bits per heavy atom. The van der Waals surface area contributed by atoms with Crippen LogP contribution >= 0.6 is 11.6 Å². The van der Waals surface area contributed by atoms with Crippen molar-refractivity contribution in [3.8, 4) is 0 Å². The Labute approximate surface area is 159 Å². The highest BCUT2D eigenvalue weighted by atomic mass is 35.5. The second-order valence-electron chi connectivity index (χ2n) is 5.31. The Morgan fingerprint density at radius 3 is 2.48 bits per heavy atom. The van der Waals surface area contributed by atoms with Crippen molar-refractivity contribution in [1.29, 1.82) is 0 Å². The third-order valence-corrected chi connectivity index (χ3v) is 4.75. The molecule has 2 rings (SSSR count). The van der Waals surface area contributed by atoms with E-state index in [0.29, 0.717) is 0 Å². The molecule has 0 saturated heterocycles. The smallest absolute Gasteiger partial charge is 0.339 e. The van der Waals surface area contributed by atoms with Gasteiger partial charge >= 0.3 is 5.97 Å². The molecule has 0 saturated carbocycles. The SMILES string of the molecule is CS(=O)(=O)c1ccccc1C(=O)OCC(=O)Nc1ccc([N+](=O)[O-])cc1Cl. The fourth-order valence-electron chi connectivity index (χ4n) is 2.07. The molecule has 0 spiro atoms. The highest BCUT2D eigenvalue weighted by Crippen LogP contribution is 2.26. The van der Waals surface area contributed by atoms with Gasteiger partial charge in [0.25, 0.3) is 11.6 Å².